The van der Waals surface area contributed by atoms with E-state index in [0.29, 0.717) is 6.54 Å². The van der Waals surface area contributed by atoms with Gasteiger partial charge in [-0.2, -0.15) is 0 Å². The van der Waals surface area contributed by atoms with Gasteiger partial charge in [-0.25, -0.2) is 9.78 Å². The Hall–Kier alpha value is -1.92. The summed E-state index contributed by atoms with van der Waals surface area (Å²) < 4.78 is 5.28. The minimum atomic E-state index is -0.531. The minimum Gasteiger partial charge on any atom is -0.444 e. The average Bonchev–Trinajstić information content (AvgIpc) is 2.89. The van der Waals surface area contributed by atoms with Crippen molar-refractivity contribution in [2.75, 3.05) is 6.54 Å². The lowest BCUT2D eigenvalue weighted by Gasteiger charge is -2.23. The van der Waals surface area contributed by atoms with Gasteiger partial charge in [-0.15, -0.1) is 11.3 Å². The van der Waals surface area contributed by atoms with Gasteiger partial charge in [0, 0.05) is 6.54 Å². The zero-order valence-electron chi connectivity index (χ0n) is 13.9. The van der Waals surface area contributed by atoms with Crippen LogP contribution in [0.3, 0.4) is 0 Å². The van der Waals surface area contributed by atoms with Gasteiger partial charge in [-0.1, -0.05) is 24.3 Å². The van der Waals surface area contributed by atoms with Crippen LogP contribution in [0.15, 0.2) is 29.8 Å². The Balaban J connectivity index is 2.10. The molecular weight excluding hydrogens is 310 g/mol. The number of aryl methyl sites for hydroxylation is 1. The molecule has 6 heteroatoms. The van der Waals surface area contributed by atoms with Crippen molar-refractivity contribution in [3.8, 4) is 10.4 Å². The molecule has 0 saturated carbocycles. The first-order valence-electron chi connectivity index (χ1n) is 7.50. The number of nitrogens with two attached hydrogens (primary N) is 1. The first-order valence-corrected chi connectivity index (χ1v) is 8.38. The highest BCUT2D eigenvalue weighted by molar-refractivity contribution is 7.13. The summed E-state index contributed by atoms with van der Waals surface area (Å²) in [6, 6.07) is 7.72. The molecule has 1 atom stereocenters. The number of thiazole rings is 1. The number of alkyl carbamates (subject to hydrolysis) is 1. The van der Waals surface area contributed by atoms with Gasteiger partial charge in [0.2, 0.25) is 0 Å². The van der Waals surface area contributed by atoms with Gasteiger partial charge in [0.15, 0.2) is 0 Å². The number of amides is 1. The molecule has 0 aliphatic heterocycles. The van der Waals surface area contributed by atoms with E-state index in [2.05, 4.69) is 10.3 Å². The fraction of sp³-hybridized carbons (Fsp3) is 0.412. The van der Waals surface area contributed by atoms with Gasteiger partial charge in [-0.05, 0) is 38.8 Å². The van der Waals surface area contributed by atoms with E-state index < -0.39 is 11.7 Å². The Labute approximate surface area is 140 Å². The maximum absolute atomic E-state index is 11.9. The van der Waals surface area contributed by atoms with E-state index in [1.54, 1.807) is 11.3 Å². The lowest BCUT2D eigenvalue weighted by atomic mass is 10.0. The van der Waals surface area contributed by atoms with Crippen LogP contribution in [0.5, 0.6) is 0 Å². The summed E-state index contributed by atoms with van der Waals surface area (Å²) in [6.07, 6.45) is -0.463. The maximum Gasteiger partial charge on any atom is 0.408 e. The molecular formula is C17H23N3O2S. The average molecular weight is 333 g/mol. The summed E-state index contributed by atoms with van der Waals surface area (Å²) in [5.41, 5.74) is 10.2. The molecule has 3 N–H and O–H groups in total. The molecule has 23 heavy (non-hydrogen) atoms. The minimum absolute atomic E-state index is 0.276. The normalized spacial score (nSPS) is 12.7. The molecule has 0 spiro atoms. The Morgan fingerprint density at radius 1 is 1.35 bits per heavy atom. The molecule has 0 fully saturated rings. The third kappa shape index (κ3) is 4.77. The van der Waals surface area contributed by atoms with E-state index >= 15 is 0 Å². The molecule has 0 bridgehead atoms. The SMILES string of the molecule is Cc1ncsc1-c1ccc(C(CN)NC(=O)OC(C)(C)C)cc1. The van der Waals surface area contributed by atoms with Crippen LogP contribution in [0.2, 0.25) is 0 Å². The van der Waals surface area contributed by atoms with Crippen LogP contribution in [0.1, 0.15) is 38.1 Å². The summed E-state index contributed by atoms with van der Waals surface area (Å²) >= 11 is 1.61. The van der Waals surface area contributed by atoms with Gasteiger partial charge < -0.3 is 15.8 Å². The number of nitrogens with zero attached hydrogens (tertiary/aromatic N) is 1. The van der Waals surface area contributed by atoms with Crippen LogP contribution in [0, 0.1) is 6.92 Å². The molecule has 0 aliphatic carbocycles. The number of carbonyl (C=O) groups is 1. The molecule has 2 rings (SSSR count). The lowest BCUT2D eigenvalue weighted by molar-refractivity contribution is 0.0505. The molecule has 0 saturated heterocycles. The molecule has 1 aromatic carbocycles. The van der Waals surface area contributed by atoms with Crippen molar-refractivity contribution in [2.45, 2.75) is 39.3 Å². The van der Waals surface area contributed by atoms with Gasteiger partial charge in [0.1, 0.15) is 5.60 Å². The van der Waals surface area contributed by atoms with Crippen LogP contribution in [0.4, 0.5) is 4.79 Å². The molecule has 1 amide bonds. The van der Waals surface area contributed by atoms with Crippen LogP contribution in [-0.4, -0.2) is 23.2 Å². The van der Waals surface area contributed by atoms with Gasteiger partial charge >= 0.3 is 6.09 Å². The number of ether oxygens (including phenoxy) is 1. The van der Waals surface area contributed by atoms with Gasteiger partial charge in [0.05, 0.1) is 22.1 Å². The molecule has 1 heterocycles. The summed E-state index contributed by atoms with van der Waals surface area (Å²) in [7, 11) is 0. The monoisotopic (exact) mass is 333 g/mol. The summed E-state index contributed by atoms with van der Waals surface area (Å²) in [6.45, 7) is 7.79. The van der Waals surface area contributed by atoms with E-state index in [1.165, 1.54) is 0 Å². The highest BCUT2D eigenvalue weighted by Gasteiger charge is 2.20. The van der Waals surface area contributed by atoms with Crippen molar-refractivity contribution in [3.63, 3.8) is 0 Å². The zero-order valence-corrected chi connectivity index (χ0v) is 14.7. The quantitative estimate of drug-likeness (QED) is 0.895. The van der Waals surface area contributed by atoms with Crippen molar-refractivity contribution in [3.05, 3.63) is 41.0 Å². The summed E-state index contributed by atoms with van der Waals surface area (Å²) in [5.74, 6) is 0. The number of hydrogen-bond acceptors (Lipinski definition) is 5. The van der Waals surface area contributed by atoms with E-state index in [0.717, 1.165) is 21.7 Å². The number of benzene rings is 1. The largest absolute Gasteiger partial charge is 0.444 e. The molecule has 0 aliphatic rings. The lowest BCUT2D eigenvalue weighted by Crippen LogP contribution is -2.37. The number of carbonyl (C=O) groups excluding carboxylic acids is 1. The highest BCUT2D eigenvalue weighted by atomic mass is 32.1. The molecule has 1 unspecified atom stereocenters. The van der Waals surface area contributed by atoms with E-state index in [-0.39, 0.29) is 6.04 Å². The van der Waals surface area contributed by atoms with Crippen LogP contribution in [-0.2, 0) is 4.74 Å². The van der Waals surface area contributed by atoms with Crippen LogP contribution in [0.25, 0.3) is 10.4 Å². The first-order chi connectivity index (χ1) is 10.8. The molecule has 5 nitrogen and oxygen atoms in total. The number of hydrogen-bond donors (Lipinski definition) is 2. The fourth-order valence-electron chi connectivity index (χ4n) is 2.17. The van der Waals surface area contributed by atoms with Crippen molar-refractivity contribution in [1.82, 2.24) is 10.3 Å². The Morgan fingerprint density at radius 3 is 2.48 bits per heavy atom. The Bertz CT molecular complexity index is 659. The van der Waals surface area contributed by atoms with E-state index in [9.17, 15) is 4.79 Å². The Kier molecular flexibility index (Phi) is 5.38. The second-order valence-electron chi connectivity index (χ2n) is 6.32. The topological polar surface area (TPSA) is 77.2 Å². The Morgan fingerprint density at radius 2 is 2.00 bits per heavy atom. The third-order valence-electron chi connectivity index (χ3n) is 3.25. The second-order valence-corrected chi connectivity index (χ2v) is 7.18. The van der Waals surface area contributed by atoms with Crippen molar-refractivity contribution in [1.29, 1.82) is 0 Å². The van der Waals surface area contributed by atoms with Crippen molar-refractivity contribution in [2.24, 2.45) is 5.73 Å². The smallest absolute Gasteiger partial charge is 0.408 e. The fourth-order valence-corrected chi connectivity index (χ4v) is 2.99. The standard InChI is InChI=1S/C17H23N3O2S/c1-11-15(23-10-19-11)13-7-5-12(6-8-13)14(9-18)20-16(21)22-17(2,3)4/h5-8,10,14H,9,18H2,1-4H3,(H,20,21). The number of rotatable bonds is 4. The van der Waals surface area contributed by atoms with Crippen LogP contribution < -0.4 is 11.1 Å². The molecule has 0 radical (unpaired) electrons. The van der Waals surface area contributed by atoms with Crippen LogP contribution >= 0.6 is 11.3 Å². The number of aromatic nitrogens is 1. The van der Waals surface area contributed by atoms with Crippen molar-refractivity contribution >= 4 is 17.4 Å². The molecule has 1 aromatic heterocycles. The summed E-state index contributed by atoms with van der Waals surface area (Å²) in [5, 5.41) is 2.81. The number of nitrogens with one attached hydrogen (secondary N) is 1. The van der Waals surface area contributed by atoms with E-state index in [1.807, 2.05) is 57.5 Å². The zero-order chi connectivity index (χ0) is 17.0. The first kappa shape index (κ1) is 17.4. The predicted octanol–water partition coefficient (Wildman–Crippen LogP) is 3.64. The third-order valence-corrected chi connectivity index (χ3v) is 4.23. The van der Waals surface area contributed by atoms with Crippen molar-refractivity contribution < 1.29 is 9.53 Å². The molecule has 124 valence electrons. The predicted molar refractivity (Wildman–Crippen MR) is 93.5 cm³/mol. The molecule has 2 aromatic rings. The van der Waals surface area contributed by atoms with E-state index in [4.69, 9.17) is 10.5 Å². The summed E-state index contributed by atoms with van der Waals surface area (Å²) in [4.78, 5) is 17.3. The van der Waals surface area contributed by atoms with Gasteiger partial charge in [0.25, 0.3) is 0 Å². The maximum atomic E-state index is 11.9. The second kappa shape index (κ2) is 7.10. The highest BCUT2D eigenvalue weighted by Crippen LogP contribution is 2.28. The van der Waals surface area contributed by atoms with Gasteiger partial charge in [-0.3, -0.25) is 0 Å².